The first-order valence-corrected chi connectivity index (χ1v) is 5.95. The van der Waals surface area contributed by atoms with Gasteiger partial charge in [0.2, 0.25) is 0 Å². The Morgan fingerprint density at radius 1 is 1.59 bits per heavy atom. The normalized spacial score (nSPS) is 15.4. The molecule has 1 aromatic rings. The largest absolute Gasteiger partial charge is 0.378 e. The van der Waals surface area contributed by atoms with Gasteiger partial charge in [0.25, 0.3) is 0 Å². The van der Waals surface area contributed by atoms with Crippen molar-refractivity contribution in [2.24, 2.45) is 5.73 Å². The molecule has 2 amide bonds. The van der Waals surface area contributed by atoms with Gasteiger partial charge in [0, 0.05) is 13.1 Å². The van der Waals surface area contributed by atoms with Crippen molar-refractivity contribution in [1.82, 2.24) is 0 Å². The molecule has 0 spiro atoms. The number of amides is 2. The average molecular weight is 252 g/mol. The first kappa shape index (κ1) is 11.7. The number of morpholine rings is 1. The molecule has 1 fully saturated rings. The Morgan fingerprint density at radius 3 is 2.88 bits per heavy atom. The van der Waals surface area contributed by atoms with Gasteiger partial charge in [-0.05, 0) is 6.07 Å². The van der Waals surface area contributed by atoms with E-state index in [2.05, 4.69) is 16.3 Å². The average Bonchev–Trinajstić information content (AvgIpc) is 2.72. The molecule has 0 aromatic carbocycles. The quantitative estimate of drug-likeness (QED) is 0.819. The van der Waals surface area contributed by atoms with Gasteiger partial charge in [-0.15, -0.1) is 0 Å². The predicted molar refractivity (Wildman–Crippen MR) is 65.3 cm³/mol. The fourth-order valence-electron chi connectivity index (χ4n) is 1.65. The molecule has 1 aliphatic rings. The first-order chi connectivity index (χ1) is 8.20. The summed E-state index contributed by atoms with van der Waals surface area (Å²) in [5.41, 5.74) is 5.60. The third kappa shape index (κ3) is 2.67. The number of hydrogen-bond donors (Lipinski definition) is 2. The summed E-state index contributed by atoms with van der Waals surface area (Å²) in [6.07, 6.45) is 0. The fraction of sp³-hybridized carbons (Fsp3) is 0.400. The summed E-state index contributed by atoms with van der Waals surface area (Å²) in [7, 11) is 0. The van der Waals surface area contributed by atoms with Crippen LogP contribution in [-0.4, -0.2) is 32.3 Å². The number of ether oxygens (including phenoxy) is 1. The molecular weight excluding hydrogens is 240 g/mol. The second-order valence-corrected chi connectivity index (χ2v) is 4.56. The predicted octanol–water partition coefficient (Wildman–Crippen LogP) is 0.947. The summed E-state index contributed by atoms with van der Waals surface area (Å²) in [5.74, 6) is 0. The van der Waals surface area contributed by atoms with E-state index in [0.717, 1.165) is 18.1 Å². The van der Waals surface area contributed by atoms with E-state index in [1.54, 1.807) is 6.07 Å². The maximum absolute atomic E-state index is 10.8. The molecule has 7 heteroatoms. The summed E-state index contributed by atoms with van der Waals surface area (Å²) < 4.78 is 5.26. The molecule has 2 rings (SSSR count). The molecule has 0 saturated carbocycles. The van der Waals surface area contributed by atoms with Crippen LogP contribution in [0.25, 0.3) is 0 Å². The smallest absolute Gasteiger partial charge is 0.317 e. The number of nitrogens with one attached hydrogen (secondary N) is 1. The summed E-state index contributed by atoms with van der Waals surface area (Å²) in [6, 6.07) is 3.14. The minimum Gasteiger partial charge on any atom is -0.378 e. The SMILES string of the molecule is N#Cc1cc(NC(N)=O)sc1N1CCOCC1. The highest BCUT2D eigenvalue weighted by Crippen LogP contribution is 2.35. The summed E-state index contributed by atoms with van der Waals surface area (Å²) in [5, 5.41) is 13.0. The van der Waals surface area contributed by atoms with E-state index in [1.165, 1.54) is 11.3 Å². The highest BCUT2D eigenvalue weighted by atomic mass is 32.1. The third-order valence-electron chi connectivity index (χ3n) is 2.38. The van der Waals surface area contributed by atoms with Crippen LogP contribution in [0.5, 0.6) is 0 Å². The van der Waals surface area contributed by atoms with Crippen LogP contribution >= 0.6 is 11.3 Å². The van der Waals surface area contributed by atoms with Gasteiger partial charge in [-0.2, -0.15) is 5.26 Å². The number of hydrogen-bond acceptors (Lipinski definition) is 5. The number of nitrogens with two attached hydrogens (primary N) is 1. The van der Waals surface area contributed by atoms with Crippen molar-refractivity contribution in [3.8, 4) is 6.07 Å². The van der Waals surface area contributed by atoms with E-state index in [4.69, 9.17) is 15.7 Å². The molecular formula is C10H12N4O2S. The van der Waals surface area contributed by atoms with Gasteiger partial charge >= 0.3 is 6.03 Å². The van der Waals surface area contributed by atoms with Gasteiger partial charge in [-0.25, -0.2) is 4.79 Å². The number of primary amides is 1. The molecule has 1 aromatic heterocycles. The number of nitriles is 1. The fourth-order valence-corrected chi connectivity index (χ4v) is 2.71. The van der Waals surface area contributed by atoms with Gasteiger partial charge in [-0.1, -0.05) is 11.3 Å². The Bertz CT molecular complexity index is 459. The summed E-state index contributed by atoms with van der Waals surface area (Å²) in [4.78, 5) is 12.8. The van der Waals surface area contributed by atoms with Gasteiger partial charge < -0.3 is 15.4 Å². The van der Waals surface area contributed by atoms with Crippen LogP contribution in [0.1, 0.15) is 5.56 Å². The number of anilines is 2. The van der Waals surface area contributed by atoms with E-state index >= 15 is 0 Å². The Morgan fingerprint density at radius 2 is 2.29 bits per heavy atom. The molecule has 3 N–H and O–H groups in total. The molecule has 2 heterocycles. The van der Waals surface area contributed by atoms with Crippen LogP contribution in [0.2, 0.25) is 0 Å². The van der Waals surface area contributed by atoms with Crippen LogP contribution in [0.15, 0.2) is 6.07 Å². The molecule has 1 saturated heterocycles. The number of carbonyl (C=O) groups is 1. The lowest BCUT2D eigenvalue weighted by Crippen LogP contribution is -2.36. The minimum atomic E-state index is -0.621. The lowest BCUT2D eigenvalue weighted by molar-refractivity contribution is 0.123. The molecule has 0 bridgehead atoms. The highest BCUT2D eigenvalue weighted by Gasteiger charge is 2.18. The molecule has 17 heavy (non-hydrogen) atoms. The van der Waals surface area contributed by atoms with Crippen molar-refractivity contribution in [1.29, 1.82) is 5.26 Å². The zero-order valence-corrected chi connectivity index (χ0v) is 9.92. The molecule has 0 aliphatic carbocycles. The van der Waals surface area contributed by atoms with E-state index in [9.17, 15) is 4.79 Å². The third-order valence-corrected chi connectivity index (χ3v) is 3.49. The zero-order chi connectivity index (χ0) is 12.3. The van der Waals surface area contributed by atoms with Crippen LogP contribution in [0, 0.1) is 11.3 Å². The van der Waals surface area contributed by atoms with E-state index in [0.29, 0.717) is 23.8 Å². The highest BCUT2D eigenvalue weighted by molar-refractivity contribution is 7.20. The molecule has 1 aliphatic heterocycles. The minimum absolute atomic E-state index is 0.556. The topological polar surface area (TPSA) is 91.4 Å². The maximum Gasteiger partial charge on any atom is 0.317 e. The van der Waals surface area contributed by atoms with Crippen molar-refractivity contribution in [3.05, 3.63) is 11.6 Å². The van der Waals surface area contributed by atoms with Crippen molar-refractivity contribution in [2.45, 2.75) is 0 Å². The second-order valence-electron chi connectivity index (χ2n) is 3.53. The van der Waals surface area contributed by atoms with Gasteiger partial charge in [0.15, 0.2) is 0 Å². The number of urea groups is 1. The number of carbonyl (C=O) groups excluding carboxylic acids is 1. The molecule has 0 radical (unpaired) electrons. The Balaban J connectivity index is 2.22. The zero-order valence-electron chi connectivity index (χ0n) is 9.10. The Kier molecular flexibility index (Phi) is 3.46. The monoisotopic (exact) mass is 252 g/mol. The maximum atomic E-state index is 10.8. The number of nitrogens with zero attached hydrogens (tertiary/aromatic N) is 2. The Labute approximate surface area is 103 Å². The molecule has 0 atom stereocenters. The van der Waals surface area contributed by atoms with Crippen molar-refractivity contribution in [3.63, 3.8) is 0 Å². The van der Waals surface area contributed by atoms with E-state index in [1.807, 2.05) is 0 Å². The first-order valence-electron chi connectivity index (χ1n) is 5.14. The summed E-state index contributed by atoms with van der Waals surface area (Å²) >= 11 is 1.35. The molecule has 0 unspecified atom stereocenters. The van der Waals surface area contributed by atoms with Crippen molar-refractivity contribution in [2.75, 3.05) is 36.5 Å². The van der Waals surface area contributed by atoms with Gasteiger partial charge in [0.1, 0.15) is 11.1 Å². The van der Waals surface area contributed by atoms with Crippen molar-refractivity contribution < 1.29 is 9.53 Å². The number of thiophene rings is 1. The number of rotatable bonds is 2. The lowest BCUT2D eigenvalue weighted by atomic mass is 10.3. The standard InChI is InChI=1S/C10H12N4O2S/c11-6-7-5-8(13-10(12)15)17-9(7)14-1-3-16-4-2-14/h5H,1-4H2,(H3,12,13,15). The molecule has 90 valence electrons. The van der Waals surface area contributed by atoms with Crippen LogP contribution in [0.3, 0.4) is 0 Å². The van der Waals surface area contributed by atoms with Crippen LogP contribution in [-0.2, 0) is 4.74 Å². The van der Waals surface area contributed by atoms with Crippen LogP contribution < -0.4 is 16.0 Å². The van der Waals surface area contributed by atoms with Crippen LogP contribution in [0.4, 0.5) is 14.8 Å². The second kappa shape index (κ2) is 5.03. The summed E-state index contributed by atoms with van der Waals surface area (Å²) in [6.45, 7) is 2.82. The van der Waals surface area contributed by atoms with E-state index < -0.39 is 6.03 Å². The van der Waals surface area contributed by atoms with E-state index in [-0.39, 0.29) is 0 Å². The lowest BCUT2D eigenvalue weighted by Gasteiger charge is -2.27. The molecule has 6 nitrogen and oxygen atoms in total. The van der Waals surface area contributed by atoms with Gasteiger partial charge in [0.05, 0.1) is 23.8 Å². The Hall–Kier alpha value is -1.78. The van der Waals surface area contributed by atoms with Gasteiger partial charge in [-0.3, -0.25) is 5.32 Å². The van der Waals surface area contributed by atoms with Crippen molar-refractivity contribution >= 4 is 27.4 Å².